The van der Waals surface area contributed by atoms with Crippen molar-refractivity contribution >= 4 is 5.91 Å². The largest absolute Gasteiger partial charge is 0.376 e. The molecule has 7 heteroatoms. The Kier molecular flexibility index (Phi) is 3.42. The van der Waals surface area contributed by atoms with Gasteiger partial charge in [0.25, 0.3) is 5.91 Å². The molecule has 20 heavy (non-hydrogen) atoms. The molecule has 3 rings (SSSR count). The number of pyridine rings is 1. The first-order valence-corrected chi connectivity index (χ1v) is 6.47. The first kappa shape index (κ1) is 12.7. The molecule has 0 spiro atoms. The smallest absolute Gasteiger partial charge is 0.251 e. The second-order valence-corrected chi connectivity index (χ2v) is 4.69. The highest BCUT2D eigenvalue weighted by Crippen LogP contribution is 2.14. The normalized spacial score (nSPS) is 21.9. The molecule has 0 unspecified atom stereocenters. The molecular formula is C13H15N5O2. The summed E-state index contributed by atoms with van der Waals surface area (Å²) in [5, 5.41) is 6.97. The zero-order valence-electron chi connectivity index (χ0n) is 11.1. The van der Waals surface area contributed by atoms with Crippen molar-refractivity contribution in [3.05, 3.63) is 36.5 Å². The van der Waals surface area contributed by atoms with Gasteiger partial charge in [0.15, 0.2) is 5.82 Å². The van der Waals surface area contributed by atoms with Crippen LogP contribution in [-0.4, -0.2) is 44.4 Å². The van der Waals surface area contributed by atoms with Crippen LogP contribution in [0.25, 0.3) is 5.82 Å². The predicted octanol–water partition coefficient (Wildman–Crippen LogP) is 0.569. The van der Waals surface area contributed by atoms with Gasteiger partial charge >= 0.3 is 0 Å². The highest BCUT2D eigenvalue weighted by Gasteiger charge is 2.26. The van der Waals surface area contributed by atoms with Crippen molar-refractivity contribution in [3.8, 4) is 5.82 Å². The minimum absolute atomic E-state index is 0.0515. The third kappa shape index (κ3) is 2.53. The summed E-state index contributed by atoms with van der Waals surface area (Å²) >= 11 is 0. The van der Waals surface area contributed by atoms with Crippen molar-refractivity contribution in [2.24, 2.45) is 0 Å². The molecule has 0 radical (unpaired) electrons. The number of nitrogens with zero attached hydrogens (tertiary/aromatic N) is 4. The van der Waals surface area contributed by atoms with Crippen LogP contribution in [0.2, 0.25) is 0 Å². The summed E-state index contributed by atoms with van der Waals surface area (Å²) in [5.74, 6) is 0.432. The molecule has 2 aromatic heterocycles. The first-order chi connectivity index (χ1) is 9.74. The molecule has 1 saturated heterocycles. The van der Waals surface area contributed by atoms with Gasteiger partial charge in [0.2, 0.25) is 0 Å². The lowest BCUT2D eigenvalue weighted by Gasteiger charge is -2.16. The van der Waals surface area contributed by atoms with Crippen LogP contribution >= 0.6 is 0 Å². The monoisotopic (exact) mass is 273 g/mol. The minimum atomic E-state index is -0.129. The van der Waals surface area contributed by atoms with Crippen molar-refractivity contribution in [2.75, 3.05) is 6.61 Å². The van der Waals surface area contributed by atoms with Crippen LogP contribution in [0.4, 0.5) is 0 Å². The SMILES string of the molecule is C[C@H]1OCC[C@H]1NC(=O)c1ccnc(-n2cncn2)c1. The molecule has 0 aliphatic carbocycles. The van der Waals surface area contributed by atoms with Crippen LogP contribution in [0.1, 0.15) is 23.7 Å². The average molecular weight is 273 g/mol. The Hall–Kier alpha value is -2.28. The quantitative estimate of drug-likeness (QED) is 0.884. The molecule has 1 N–H and O–H groups in total. The van der Waals surface area contributed by atoms with E-state index in [4.69, 9.17) is 4.74 Å². The van der Waals surface area contributed by atoms with E-state index in [2.05, 4.69) is 20.4 Å². The van der Waals surface area contributed by atoms with E-state index in [0.717, 1.165) is 6.42 Å². The van der Waals surface area contributed by atoms with Gasteiger partial charge in [-0.15, -0.1) is 0 Å². The van der Waals surface area contributed by atoms with Gasteiger partial charge in [0.1, 0.15) is 12.7 Å². The van der Waals surface area contributed by atoms with Crippen LogP contribution < -0.4 is 5.32 Å². The van der Waals surface area contributed by atoms with Crippen molar-refractivity contribution in [1.82, 2.24) is 25.1 Å². The van der Waals surface area contributed by atoms with Gasteiger partial charge in [-0.2, -0.15) is 5.10 Å². The number of hydrogen-bond acceptors (Lipinski definition) is 5. The van der Waals surface area contributed by atoms with Crippen molar-refractivity contribution < 1.29 is 9.53 Å². The van der Waals surface area contributed by atoms with E-state index in [0.29, 0.717) is 18.0 Å². The molecule has 104 valence electrons. The summed E-state index contributed by atoms with van der Waals surface area (Å²) in [6, 6.07) is 3.42. The van der Waals surface area contributed by atoms with Gasteiger partial charge in [-0.25, -0.2) is 14.6 Å². The van der Waals surface area contributed by atoms with Crippen LogP contribution in [0.3, 0.4) is 0 Å². The standard InChI is InChI=1S/C13H15N5O2/c1-9-11(3-5-20-9)17-13(19)10-2-4-15-12(6-10)18-8-14-7-16-18/h2,4,6-9,11H,3,5H2,1H3,(H,17,19)/t9-,11-/m1/s1. The van der Waals surface area contributed by atoms with Crippen molar-refractivity contribution in [3.63, 3.8) is 0 Å². The van der Waals surface area contributed by atoms with E-state index in [1.54, 1.807) is 18.3 Å². The Balaban J connectivity index is 1.76. The fourth-order valence-corrected chi connectivity index (χ4v) is 2.18. The van der Waals surface area contributed by atoms with Gasteiger partial charge < -0.3 is 10.1 Å². The average Bonchev–Trinajstić information content (AvgIpc) is 3.12. The first-order valence-electron chi connectivity index (χ1n) is 6.47. The second kappa shape index (κ2) is 5.38. The minimum Gasteiger partial charge on any atom is -0.376 e. The van der Waals surface area contributed by atoms with Crippen LogP contribution in [0.5, 0.6) is 0 Å². The molecule has 0 saturated carbocycles. The number of rotatable bonds is 3. The highest BCUT2D eigenvalue weighted by molar-refractivity contribution is 5.94. The Morgan fingerprint density at radius 2 is 2.45 bits per heavy atom. The van der Waals surface area contributed by atoms with E-state index in [1.165, 1.54) is 17.3 Å². The van der Waals surface area contributed by atoms with Crippen molar-refractivity contribution in [2.45, 2.75) is 25.5 Å². The molecule has 0 bridgehead atoms. The topological polar surface area (TPSA) is 81.9 Å². The van der Waals surface area contributed by atoms with Crippen LogP contribution in [0, 0.1) is 0 Å². The summed E-state index contributed by atoms with van der Waals surface area (Å²) in [6.45, 7) is 2.65. The lowest BCUT2D eigenvalue weighted by molar-refractivity contribution is 0.0866. The maximum absolute atomic E-state index is 12.2. The number of aromatic nitrogens is 4. The molecule has 1 aliphatic heterocycles. The Bertz CT molecular complexity index is 599. The third-order valence-corrected chi connectivity index (χ3v) is 3.35. The number of amides is 1. The van der Waals surface area contributed by atoms with Gasteiger partial charge in [-0.05, 0) is 25.5 Å². The van der Waals surface area contributed by atoms with Crippen molar-refractivity contribution in [1.29, 1.82) is 0 Å². The summed E-state index contributed by atoms with van der Waals surface area (Å²) in [5.41, 5.74) is 0.546. The lowest BCUT2D eigenvalue weighted by atomic mass is 10.1. The molecule has 3 heterocycles. The van der Waals surface area contributed by atoms with E-state index < -0.39 is 0 Å². The fraction of sp³-hybridized carbons (Fsp3) is 0.385. The van der Waals surface area contributed by atoms with E-state index in [1.807, 2.05) is 6.92 Å². The number of carbonyl (C=O) groups excluding carboxylic acids is 1. The van der Waals surface area contributed by atoms with Crippen LogP contribution in [0.15, 0.2) is 31.0 Å². The lowest BCUT2D eigenvalue weighted by Crippen LogP contribution is -2.39. The molecule has 7 nitrogen and oxygen atoms in total. The van der Waals surface area contributed by atoms with Gasteiger partial charge in [0, 0.05) is 18.4 Å². The fourth-order valence-electron chi connectivity index (χ4n) is 2.18. The summed E-state index contributed by atoms with van der Waals surface area (Å²) < 4.78 is 6.95. The van der Waals surface area contributed by atoms with E-state index in [9.17, 15) is 4.79 Å². The number of carbonyl (C=O) groups is 1. The van der Waals surface area contributed by atoms with E-state index in [-0.39, 0.29) is 18.1 Å². The third-order valence-electron chi connectivity index (χ3n) is 3.35. The summed E-state index contributed by atoms with van der Waals surface area (Å²) in [7, 11) is 0. The molecule has 1 aliphatic rings. The number of nitrogens with one attached hydrogen (secondary N) is 1. The molecular weight excluding hydrogens is 258 g/mol. The molecule has 1 amide bonds. The Labute approximate surface area is 116 Å². The van der Waals surface area contributed by atoms with Gasteiger partial charge in [-0.1, -0.05) is 0 Å². The maximum atomic E-state index is 12.2. The zero-order valence-corrected chi connectivity index (χ0v) is 11.1. The zero-order chi connectivity index (χ0) is 13.9. The highest BCUT2D eigenvalue weighted by atomic mass is 16.5. The molecule has 0 aromatic carbocycles. The van der Waals surface area contributed by atoms with Gasteiger partial charge in [-0.3, -0.25) is 4.79 Å². The van der Waals surface area contributed by atoms with Crippen LogP contribution in [-0.2, 0) is 4.74 Å². The number of ether oxygens (including phenoxy) is 1. The number of hydrogen-bond donors (Lipinski definition) is 1. The van der Waals surface area contributed by atoms with Gasteiger partial charge in [0.05, 0.1) is 12.1 Å². The van der Waals surface area contributed by atoms with E-state index >= 15 is 0 Å². The Morgan fingerprint density at radius 1 is 1.55 bits per heavy atom. The Morgan fingerprint density at radius 3 is 3.15 bits per heavy atom. The predicted molar refractivity (Wildman–Crippen MR) is 70.4 cm³/mol. The molecule has 2 atom stereocenters. The molecule has 1 fully saturated rings. The summed E-state index contributed by atoms with van der Waals surface area (Å²) in [6.07, 6.45) is 5.44. The maximum Gasteiger partial charge on any atom is 0.251 e. The second-order valence-electron chi connectivity index (χ2n) is 4.69. The summed E-state index contributed by atoms with van der Waals surface area (Å²) in [4.78, 5) is 20.3. The molecule has 2 aromatic rings.